The molecule has 222 valence electrons. The van der Waals surface area contributed by atoms with Crippen LogP contribution in [-0.2, 0) is 21.4 Å². The Morgan fingerprint density at radius 2 is 1.93 bits per heavy atom. The number of ether oxygens (including phenoxy) is 1. The molecule has 3 aromatic carbocycles. The van der Waals surface area contributed by atoms with Gasteiger partial charge in [-0.2, -0.15) is 5.10 Å². The first-order chi connectivity index (χ1) is 20.4. The summed E-state index contributed by atoms with van der Waals surface area (Å²) in [4.78, 5) is 33.2. The molecule has 0 aliphatic carbocycles. The van der Waals surface area contributed by atoms with Gasteiger partial charge >= 0.3 is 5.97 Å². The summed E-state index contributed by atoms with van der Waals surface area (Å²) in [5, 5.41) is 20.1. The molecule has 1 fully saturated rings. The minimum atomic E-state index is -1.21. The summed E-state index contributed by atoms with van der Waals surface area (Å²) >= 11 is 7.60. The van der Waals surface area contributed by atoms with E-state index in [0.717, 1.165) is 32.3 Å². The smallest absolute Gasteiger partial charge is 0.337 e. The number of aryl methyl sites for hydroxylation is 2. The second kappa shape index (κ2) is 11.0. The lowest BCUT2D eigenvalue weighted by atomic mass is 9.91. The summed E-state index contributed by atoms with van der Waals surface area (Å²) in [7, 11) is 1.89. The number of hydrogen-bond donors (Lipinski definition) is 2. The first-order valence-corrected chi connectivity index (χ1v) is 15.2. The molecule has 2 atom stereocenters. The molecule has 1 unspecified atom stereocenters. The molecule has 6 rings (SSSR count). The van der Waals surface area contributed by atoms with Crippen LogP contribution in [0.3, 0.4) is 0 Å². The van der Waals surface area contributed by atoms with E-state index in [-0.39, 0.29) is 5.91 Å². The fraction of sp³-hybridized carbons (Fsp3) is 0.312. The van der Waals surface area contributed by atoms with Crippen LogP contribution in [0.15, 0.2) is 54.7 Å². The molecule has 11 heteroatoms. The van der Waals surface area contributed by atoms with E-state index in [2.05, 4.69) is 10.4 Å². The number of nitrogens with zero attached hydrogens (tertiary/aromatic N) is 4. The van der Waals surface area contributed by atoms with Gasteiger partial charge in [-0.3, -0.25) is 14.4 Å². The Bertz CT molecular complexity index is 1880. The highest BCUT2D eigenvalue weighted by Crippen LogP contribution is 2.44. The van der Waals surface area contributed by atoms with Gasteiger partial charge in [0, 0.05) is 41.7 Å². The number of carboxylic acid groups (broad SMARTS) is 1. The van der Waals surface area contributed by atoms with E-state index in [1.807, 2.05) is 71.1 Å². The van der Waals surface area contributed by atoms with Crippen molar-refractivity contribution in [1.82, 2.24) is 20.1 Å². The summed E-state index contributed by atoms with van der Waals surface area (Å²) in [6, 6.07) is 14.6. The number of aliphatic carboxylic acids is 1. The molecule has 9 nitrogen and oxygen atoms in total. The number of piperazine rings is 1. The van der Waals surface area contributed by atoms with Gasteiger partial charge in [-0.05, 0) is 74.7 Å². The summed E-state index contributed by atoms with van der Waals surface area (Å²) in [5.74, 6) is -1.18. The van der Waals surface area contributed by atoms with Crippen molar-refractivity contribution < 1.29 is 19.4 Å². The number of carboxylic acids is 1. The van der Waals surface area contributed by atoms with Gasteiger partial charge in [-0.1, -0.05) is 41.1 Å². The zero-order valence-electron chi connectivity index (χ0n) is 24.5. The second-order valence-electron chi connectivity index (χ2n) is 11.7. The first-order valence-electron chi connectivity index (χ1n) is 14.0. The molecule has 3 heterocycles. The molecule has 0 radical (unpaired) electrons. The molecule has 5 aromatic rings. The quantitative estimate of drug-likeness (QED) is 0.226. The van der Waals surface area contributed by atoms with E-state index in [1.165, 1.54) is 11.3 Å². The molecule has 0 saturated carbocycles. The van der Waals surface area contributed by atoms with Gasteiger partial charge < -0.3 is 15.2 Å². The van der Waals surface area contributed by atoms with E-state index in [4.69, 9.17) is 21.3 Å². The van der Waals surface area contributed by atoms with Gasteiger partial charge in [-0.15, -0.1) is 0 Å². The number of rotatable bonds is 6. The predicted molar refractivity (Wildman–Crippen MR) is 170 cm³/mol. The molecular weight excluding hydrogens is 586 g/mol. The number of amides is 1. The number of halogens is 1. The maximum Gasteiger partial charge on any atom is 0.337 e. The molecular formula is C32H32ClN5O4S. The number of hydrogen-bond acceptors (Lipinski definition) is 7. The van der Waals surface area contributed by atoms with Crippen molar-refractivity contribution in [2.45, 2.75) is 45.4 Å². The largest absolute Gasteiger partial charge is 0.479 e. The lowest BCUT2D eigenvalue weighted by molar-refractivity contribution is -0.160. The molecule has 0 spiro atoms. The van der Waals surface area contributed by atoms with Crippen molar-refractivity contribution in [1.29, 1.82) is 0 Å². The summed E-state index contributed by atoms with van der Waals surface area (Å²) in [6.07, 6.45) is 0.580. The minimum absolute atomic E-state index is 0.0991. The van der Waals surface area contributed by atoms with E-state index in [9.17, 15) is 14.7 Å². The van der Waals surface area contributed by atoms with Crippen LogP contribution in [0.2, 0.25) is 5.02 Å². The fourth-order valence-electron chi connectivity index (χ4n) is 5.63. The van der Waals surface area contributed by atoms with Gasteiger partial charge in [0.1, 0.15) is 6.04 Å². The van der Waals surface area contributed by atoms with Crippen LogP contribution in [-0.4, -0.2) is 50.4 Å². The van der Waals surface area contributed by atoms with Crippen LogP contribution in [0.5, 0.6) is 0 Å². The fourth-order valence-corrected chi connectivity index (χ4v) is 6.91. The van der Waals surface area contributed by atoms with Gasteiger partial charge in [0.15, 0.2) is 11.2 Å². The Labute approximate surface area is 258 Å². The lowest BCUT2D eigenvalue weighted by Gasteiger charge is -2.31. The van der Waals surface area contributed by atoms with E-state index >= 15 is 0 Å². The predicted octanol–water partition coefficient (Wildman–Crippen LogP) is 6.43. The topological polar surface area (TPSA) is 110 Å². The maximum absolute atomic E-state index is 13.9. The molecule has 0 bridgehead atoms. The monoisotopic (exact) mass is 617 g/mol. The number of fused-ring (bicyclic) bond motifs is 2. The van der Waals surface area contributed by atoms with Gasteiger partial charge in [0.05, 0.1) is 27.5 Å². The Morgan fingerprint density at radius 3 is 2.63 bits per heavy atom. The molecule has 43 heavy (non-hydrogen) atoms. The number of carbonyl (C=O) groups is 2. The summed E-state index contributed by atoms with van der Waals surface area (Å²) in [6.45, 7) is 8.42. The number of nitrogens with one attached hydrogen (secondary N) is 1. The number of thiazole rings is 1. The number of benzene rings is 3. The lowest BCUT2D eigenvalue weighted by Crippen LogP contribution is -2.50. The van der Waals surface area contributed by atoms with E-state index < -0.39 is 23.7 Å². The van der Waals surface area contributed by atoms with Gasteiger partial charge in [0.2, 0.25) is 0 Å². The van der Waals surface area contributed by atoms with Crippen LogP contribution in [0, 0.1) is 6.92 Å². The molecule has 1 amide bonds. The Hall–Kier alpha value is -3.83. The summed E-state index contributed by atoms with van der Waals surface area (Å²) in [5.41, 5.74) is 4.63. The zero-order valence-corrected chi connectivity index (χ0v) is 26.1. The standard InChI is InChI=1S/C32H32ClN5O4S/c1-17-14-22-28(25(18-6-9-21(33)10-7-18)24(17)27(30(40)41)42-32(2,3)4)43-31(36-22)38-13-12-34-26(29(38)39)19-8-11-23-20(15-19)16-35-37(23)5/h6-11,14-16,26-27,34H,12-13H2,1-5H3,(H,40,41)/t26?,27-/m0/s1. The van der Waals surface area contributed by atoms with Crippen molar-refractivity contribution in [3.8, 4) is 11.1 Å². The highest BCUT2D eigenvalue weighted by atomic mass is 35.5. The van der Waals surface area contributed by atoms with Crippen LogP contribution >= 0.6 is 22.9 Å². The average Bonchev–Trinajstić information content (AvgIpc) is 3.54. The number of aromatic nitrogens is 3. The molecule has 2 N–H and O–H groups in total. The highest BCUT2D eigenvalue weighted by molar-refractivity contribution is 7.23. The van der Waals surface area contributed by atoms with E-state index in [0.29, 0.717) is 39.9 Å². The third-order valence-corrected chi connectivity index (χ3v) is 8.90. The van der Waals surface area contributed by atoms with Crippen molar-refractivity contribution in [2.75, 3.05) is 18.0 Å². The van der Waals surface area contributed by atoms with E-state index in [1.54, 1.807) is 27.9 Å². The molecule has 2 aromatic heterocycles. The van der Waals surface area contributed by atoms with Crippen LogP contribution in [0.25, 0.3) is 32.2 Å². The van der Waals surface area contributed by atoms with Crippen LogP contribution in [0.4, 0.5) is 5.13 Å². The van der Waals surface area contributed by atoms with Crippen molar-refractivity contribution in [3.05, 3.63) is 76.4 Å². The minimum Gasteiger partial charge on any atom is -0.479 e. The van der Waals surface area contributed by atoms with Crippen LogP contribution < -0.4 is 10.2 Å². The number of carbonyl (C=O) groups excluding carboxylic acids is 1. The third-order valence-electron chi connectivity index (χ3n) is 7.54. The molecule has 1 aliphatic rings. The zero-order chi connectivity index (χ0) is 30.6. The highest BCUT2D eigenvalue weighted by Gasteiger charge is 2.35. The van der Waals surface area contributed by atoms with Crippen LogP contribution in [0.1, 0.15) is 49.6 Å². The van der Waals surface area contributed by atoms with Gasteiger partial charge in [-0.25, -0.2) is 9.78 Å². The number of anilines is 1. The Morgan fingerprint density at radius 1 is 1.19 bits per heavy atom. The maximum atomic E-state index is 13.9. The van der Waals surface area contributed by atoms with Crippen molar-refractivity contribution in [2.24, 2.45) is 7.05 Å². The van der Waals surface area contributed by atoms with Gasteiger partial charge in [0.25, 0.3) is 5.91 Å². The van der Waals surface area contributed by atoms with Crippen molar-refractivity contribution >= 4 is 61.1 Å². The first kappa shape index (κ1) is 29.3. The van der Waals surface area contributed by atoms with Crippen molar-refractivity contribution in [3.63, 3.8) is 0 Å². The second-order valence-corrected chi connectivity index (χ2v) is 13.2. The molecule has 1 saturated heterocycles. The average molecular weight is 618 g/mol. The Kier molecular flexibility index (Phi) is 7.50. The Balaban J connectivity index is 1.47. The summed E-state index contributed by atoms with van der Waals surface area (Å²) < 4.78 is 8.70. The third kappa shape index (κ3) is 5.51. The molecule has 1 aliphatic heterocycles. The normalized spacial score (nSPS) is 16.7. The SMILES string of the molecule is Cc1cc2nc(N3CCNC(c4ccc5c(cnn5C)c4)C3=O)sc2c(-c2ccc(Cl)cc2)c1[C@H](OC(C)(C)C)C(=O)O.